The molecule has 4 rings (SSSR count). The number of benzene rings is 1. The van der Waals surface area contributed by atoms with Gasteiger partial charge in [0.1, 0.15) is 5.82 Å². The number of anilines is 1. The zero-order valence-corrected chi connectivity index (χ0v) is 20.4. The normalized spacial score (nSPS) is 17.0. The lowest BCUT2D eigenvalue weighted by Gasteiger charge is -2.37. The first kappa shape index (κ1) is 23.3. The summed E-state index contributed by atoms with van der Waals surface area (Å²) in [6, 6.07) is 14.6. The molecule has 0 saturated carbocycles. The second-order valence-corrected chi connectivity index (χ2v) is 7.80. The maximum Gasteiger partial charge on any atom is 0.222 e. The minimum absolute atomic E-state index is 0. The first-order chi connectivity index (χ1) is 14.7. The van der Waals surface area contributed by atoms with Gasteiger partial charge in [0.05, 0.1) is 0 Å². The van der Waals surface area contributed by atoms with Crippen LogP contribution in [0.3, 0.4) is 0 Å². The van der Waals surface area contributed by atoms with Gasteiger partial charge in [-0.25, -0.2) is 4.98 Å². The molecule has 0 unspecified atom stereocenters. The van der Waals surface area contributed by atoms with Crippen LogP contribution in [0.25, 0.3) is 0 Å². The van der Waals surface area contributed by atoms with E-state index in [1.807, 2.05) is 30.3 Å². The number of guanidine groups is 1. The average Bonchev–Trinajstić information content (AvgIpc) is 3.20. The van der Waals surface area contributed by atoms with Crippen LogP contribution < -0.4 is 10.2 Å². The standard InChI is InChI=1S/C23H30N6O.HI/c1-24-23(28-15-13-27(14-16-28)21-5-2-3-11-25-21)26-17-19-7-9-20(10-8-19)18-29-12-4-6-22(29)30;/h2-3,5,7-11H,4,6,12-18H2,1H3,(H,24,26);1H. The molecule has 2 aliphatic heterocycles. The molecule has 1 amide bonds. The second-order valence-electron chi connectivity index (χ2n) is 7.80. The minimum Gasteiger partial charge on any atom is -0.353 e. The van der Waals surface area contributed by atoms with Gasteiger partial charge in [-0.1, -0.05) is 30.3 Å². The highest BCUT2D eigenvalue weighted by Gasteiger charge is 2.21. The highest BCUT2D eigenvalue weighted by atomic mass is 127. The Morgan fingerprint density at radius 2 is 1.77 bits per heavy atom. The van der Waals surface area contributed by atoms with Gasteiger partial charge in [-0.3, -0.25) is 9.79 Å². The number of likely N-dealkylation sites (tertiary alicyclic amines) is 1. The van der Waals surface area contributed by atoms with Crippen molar-refractivity contribution in [2.75, 3.05) is 44.7 Å². The van der Waals surface area contributed by atoms with Crippen LogP contribution in [0, 0.1) is 0 Å². The van der Waals surface area contributed by atoms with Gasteiger partial charge in [0.2, 0.25) is 5.91 Å². The van der Waals surface area contributed by atoms with Crippen molar-refractivity contribution in [1.82, 2.24) is 20.1 Å². The molecule has 1 aromatic heterocycles. The molecule has 7 nitrogen and oxygen atoms in total. The van der Waals surface area contributed by atoms with Crippen LogP contribution in [0.5, 0.6) is 0 Å². The largest absolute Gasteiger partial charge is 0.353 e. The van der Waals surface area contributed by atoms with Crippen LogP contribution in [0.2, 0.25) is 0 Å². The molecule has 0 atom stereocenters. The number of hydrogen-bond donors (Lipinski definition) is 1. The molecule has 0 radical (unpaired) electrons. The van der Waals surface area contributed by atoms with E-state index in [0.717, 1.165) is 64.0 Å². The van der Waals surface area contributed by atoms with Crippen molar-refractivity contribution < 1.29 is 4.79 Å². The molecule has 31 heavy (non-hydrogen) atoms. The van der Waals surface area contributed by atoms with E-state index in [1.54, 1.807) is 0 Å². The minimum atomic E-state index is 0. The summed E-state index contributed by atoms with van der Waals surface area (Å²) in [4.78, 5) is 27.3. The van der Waals surface area contributed by atoms with Gasteiger partial charge in [-0.2, -0.15) is 0 Å². The van der Waals surface area contributed by atoms with E-state index in [-0.39, 0.29) is 29.9 Å². The Kier molecular flexibility index (Phi) is 8.51. The SMILES string of the molecule is CN=C(NCc1ccc(CN2CCCC2=O)cc1)N1CCN(c2ccccn2)CC1.I. The summed E-state index contributed by atoms with van der Waals surface area (Å²) in [6.07, 6.45) is 3.52. The van der Waals surface area contributed by atoms with Crippen LogP contribution in [0.1, 0.15) is 24.0 Å². The lowest BCUT2D eigenvalue weighted by Crippen LogP contribution is -2.52. The zero-order chi connectivity index (χ0) is 20.8. The van der Waals surface area contributed by atoms with Gasteiger partial charge >= 0.3 is 0 Å². The number of halogens is 1. The van der Waals surface area contributed by atoms with E-state index in [0.29, 0.717) is 6.42 Å². The number of aromatic nitrogens is 1. The van der Waals surface area contributed by atoms with Crippen molar-refractivity contribution in [3.8, 4) is 0 Å². The summed E-state index contributed by atoms with van der Waals surface area (Å²) in [7, 11) is 1.84. The maximum absolute atomic E-state index is 11.8. The predicted octanol–water partition coefficient (Wildman–Crippen LogP) is 2.72. The third-order valence-electron chi connectivity index (χ3n) is 5.78. The fourth-order valence-corrected chi connectivity index (χ4v) is 4.06. The number of hydrogen-bond acceptors (Lipinski definition) is 4. The van der Waals surface area contributed by atoms with Crippen molar-refractivity contribution in [3.05, 3.63) is 59.8 Å². The lowest BCUT2D eigenvalue weighted by molar-refractivity contribution is -0.128. The van der Waals surface area contributed by atoms with Gasteiger partial charge in [0, 0.05) is 65.5 Å². The smallest absolute Gasteiger partial charge is 0.222 e. The number of nitrogens with one attached hydrogen (secondary N) is 1. The molecule has 3 heterocycles. The number of rotatable bonds is 5. The Balaban J connectivity index is 0.00000272. The number of nitrogens with zero attached hydrogens (tertiary/aromatic N) is 5. The van der Waals surface area contributed by atoms with Crippen LogP contribution in [-0.4, -0.2) is 66.4 Å². The highest BCUT2D eigenvalue weighted by molar-refractivity contribution is 14.0. The van der Waals surface area contributed by atoms with E-state index < -0.39 is 0 Å². The van der Waals surface area contributed by atoms with Crippen molar-refractivity contribution >= 4 is 41.7 Å². The molecule has 8 heteroatoms. The van der Waals surface area contributed by atoms with E-state index in [1.165, 1.54) is 11.1 Å². The zero-order valence-electron chi connectivity index (χ0n) is 18.0. The first-order valence-corrected chi connectivity index (χ1v) is 10.7. The number of amides is 1. The summed E-state index contributed by atoms with van der Waals surface area (Å²) in [5.74, 6) is 2.24. The number of piperazine rings is 1. The first-order valence-electron chi connectivity index (χ1n) is 10.7. The number of carbonyl (C=O) groups excluding carboxylic acids is 1. The van der Waals surface area contributed by atoms with E-state index >= 15 is 0 Å². The van der Waals surface area contributed by atoms with E-state index in [4.69, 9.17) is 0 Å². The Hall–Kier alpha value is -2.36. The Morgan fingerprint density at radius 3 is 2.39 bits per heavy atom. The van der Waals surface area contributed by atoms with Crippen LogP contribution >= 0.6 is 24.0 Å². The van der Waals surface area contributed by atoms with Gasteiger partial charge in [0.25, 0.3) is 0 Å². The topological polar surface area (TPSA) is 64.1 Å². The molecule has 2 aliphatic rings. The van der Waals surface area contributed by atoms with Crippen molar-refractivity contribution in [2.24, 2.45) is 4.99 Å². The van der Waals surface area contributed by atoms with Crippen molar-refractivity contribution in [3.63, 3.8) is 0 Å². The molecule has 2 saturated heterocycles. The lowest BCUT2D eigenvalue weighted by atomic mass is 10.1. The summed E-state index contributed by atoms with van der Waals surface area (Å²) in [5.41, 5.74) is 2.39. The summed E-state index contributed by atoms with van der Waals surface area (Å²) < 4.78 is 0. The molecule has 166 valence electrons. The monoisotopic (exact) mass is 534 g/mol. The van der Waals surface area contributed by atoms with Crippen molar-refractivity contribution in [1.29, 1.82) is 0 Å². The Labute approximate surface area is 201 Å². The molecular formula is C23H31IN6O. The molecule has 0 bridgehead atoms. The fraction of sp³-hybridized carbons (Fsp3) is 0.435. The van der Waals surface area contributed by atoms with Crippen molar-refractivity contribution in [2.45, 2.75) is 25.9 Å². The molecule has 1 N–H and O–H groups in total. The molecule has 2 fully saturated rings. The molecule has 0 spiro atoms. The van der Waals surface area contributed by atoms with E-state index in [2.05, 4.69) is 55.4 Å². The Bertz CT molecular complexity index is 865. The highest BCUT2D eigenvalue weighted by Crippen LogP contribution is 2.15. The quantitative estimate of drug-likeness (QED) is 0.363. The Morgan fingerprint density at radius 1 is 1.03 bits per heavy atom. The number of aliphatic imine (C=N–C) groups is 1. The molecule has 0 aliphatic carbocycles. The maximum atomic E-state index is 11.8. The van der Waals surface area contributed by atoms with Gasteiger partial charge in [-0.05, 0) is 29.7 Å². The van der Waals surface area contributed by atoms with Gasteiger partial charge in [0.15, 0.2) is 5.96 Å². The summed E-state index contributed by atoms with van der Waals surface area (Å²) >= 11 is 0. The van der Waals surface area contributed by atoms with E-state index in [9.17, 15) is 4.79 Å². The van der Waals surface area contributed by atoms with Crippen LogP contribution in [0.15, 0.2) is 53.7 Å². The van der Waals surface area contributed by atoms with Gasteiger partial charge in [-0.15, -0.1) is 24.0 Å². The fourth-order valence-electron chi connectivity index (χ4n) is 4.06. The van der Waals surface area contributed by atoms with Gasteiger partial charge < -0.3 is 20.0 Å². The second kappa shape index (κ2) is 11.3. The molecular weight excluding hydrogens is 503 g/mol. The molecule has 1 aromatic carbocycles. The summed E-state index contributed by atoms with van der Waals surface area (Å²) in [5, 5.41) is 3.49. The average molecular weight is 534 g/mol. The third kappa shape index (κ3) is 6.09. The molecule has 2 aromatic rings. The van der Waals surface area contributed by atoms with Crippen LogP contribution in [0.4, 0.5) is 5.82 Å². The van der Waals surface area contributed by atoms with Crippen LogP contribution in [-0.2, 0) is 17.9 Å². The number of pyridine rings is 1. The third-order valence-corrected chi connectivity index (χ3v) is 5.78. The number of carbonyl (C=O) groups is 1. The summed E-state index contributed by atoms with van der Waals surface area (Å²) in [6.45, 7) is 6.03. The predicted molar refractivity (Wildman–Crippen MR) is 135 cm³/mol.